The Kier molecular flexibility index (Phi) is 5.64. The number of thiophene rings is 1. The number of carbonyl (C=O) groups excluding carboxylic acids is 2. The molecule has 0 fully saturated rings. The molecule has 0 saturated carbocycles. The molecule has 136 valence electrons. The first-order valence-corrected chi connectivity index (χ1v) is 9.95. The second-order valence-electron chi connectivity index (χ2n) is 6.19. The summed E-state index contributed by atoms with van der Waals surface area (Å²) in [4.78, 5) is 25.7. The van der Waals surface area contributed by atoms with Crippen LogP contribution in [0.1, 0.15) is 51.6 Å². The summed E-state index contributed by atoms with van der Waals surface area (Å²) in [5, 5.41) is 16.6. The number of nitriles is 1. The fraction of sp³-hybridized carbons (Fsp3) is 0.471. The Morgan fingerprint density at radius 3 is 3.00 bits per heavy atom. The minimum Gasteiger partial charge on any atom is -0.451 e. The Labute approximate surface area is 159 Å². The molecule has 2 aromatic heterocycles. The number of nitrogens with zero attached hydrogens (tertiary/aromatic N) is 3. The smallest absolute Gasteiger partial charge is 0.352 e. The Balaban J connectivity index is 1.64. The fourth-order valence-corrected chi connectivity index (χ4v) is 4.93. The lowest BCUT2D eigenvalue weighted by atomic mass is 9.89. The van der Waals surface area contributed by atoms with Gasteiger partial charge in [-0.1, -0.05) is 18.3 Å². The molecule has 2 aromatic rings. The summed E-state index contributed by atoms with van der Waals surface area (Å²) in [5.41, 5.74) is 2.15. The number of aryl methyl sites for hydroxylation is 1. The molecule has 1 N–H and O–H groups in total. The van der Waals surface area contributed by atoms with E-state index in [2.05, 4.69) is 27.9 Å². The quantitative estimate of drug-likeness (QED) is 0.787. The van der Waals surface area contributed by atoms with E-state index in [0.717, 1.165) is 41.2 Å². The number of ether oxygens (including phenoxy) is 1. The van der Waals surface area contributed by atoms with Crippen LogP contribution in [0.2, 0.25) is 0 Å². The van der Waals surface area contributed by atoms with Crippen molar-refractivity contribution in [1.82, 2.24) is 9.59 Å². The number of fused-ring (bicyclic) bond motifs is 1. The predicted octanol–water partition coefficient (Wildman–Crippen LogP) is 2.95. The van der Waals surface area contributed by atoms with Gasteiger partial charge in [-0.3, -0.25) is 4.79 Å². The molecule has 1 aliphatic rings. The minimum atomic E-state index is -0.605. The lowest BCUT2D eigenvalue weighted by molar-refractivity contribution is -0.119. The van der Waals surface area contributed by atoms with Crippen molar-refractivity contribution in [2.45, 2.75) is 39.5 Å². The molecular weight excluding hydrogens is 372 g/mol. The molecule has 0 unspecified atom stereocenters. The van der Waals surface area contributed by atoms with Gasteiger partial charge in [0.05, 0.1) is 11.3 Å². The Hall–Kier alpha value is -2.31. The highest BCUT2D eigenvalue weighted by Gasteiger charge is 2.25. The summed E-state index contributed by atoms with van der Waals surface area (Å²) in [7, 11) is 0. The normalized spacial score (nSPS) is 15.8. The lowest BCUT2D eigenvalue weighted by Crippen LogP contribution is -2.21. The van der Waals surface area contributed by atoms with Gasteiger partial charge in [0.25, 0.3) is 5.91 Å². The Morgan fingerprint density at radius 1 is 1.46 bits per heavy atom. The summed E-state index contributed by atoms with van der Waals surface area (Å²) < 4.78 is 8.79. The average Bonchev–Trinajstić information content (AvgIpc) is 3.22. The topological polar surface area (TPSA) is 105 Å². The maximum Gasteiger partial charge on any atom is 0.352 e. The van der Waals surface area contributed by atoms with E-state index in [0.29, 0.717) is 33.5 Å². The Bertz CT molecular complexity index is 881. The van der Waals surface area contributed by atoms with E-state index in [9.17, 15) is 14.9 Å². The third-order valence-electron chi connectivity index (χ3n) is 4.29. The summed E-state index contributed by atoms with van der Waals surface area (Å²) in [6.45, 7) is 3.64. The van der Waals surface area contributed by atoms with Crippen LogP contribution in [-0.2, 0) is 28.8 Å². The molecule has 3 rings (SSSR count). The molecule has 7 nitrogen and oxygen atoms in total. The van der Waals surface area contributed by atoms with Crippen LogP contribution in [0.5, 0.6) is 0 Å². The van der Waals surface area contributed by atoms with Gasteiger partial charge in [0.15, 0.2) is 11.5 Å². The van der Waals surface area contributed by atoms with Gasteiger partial charge in [0.1, 0.15) is 11.1 Å². The van der Waals surface area contributed by atoms with E-state index in [1.807, 2.05) is 6.92 Å². The summed E-state index contributed by atoms with van der Waals surface area (Å²) in [6, 6.07) is 2.20. The van der Waals surface area contributed by atoms with E-state index < -0.39 is 18.5 Å². The molecule has 0 saturated heterocycles. The zero-order valence-corrected chi connectivity index (χ0v) is 16.1. The third kappa shape index (κ3) is 3.76. The molecule has 0 aromatic carbocycles. The van der Waals surface area contributed by atoms with E-state index in [-0.39, 0.29) is 0 Å². The van der Waals surface area contributed by atoms with Crippen LogP contribution >= 0.6 is 22.9 Å². The molecule has 0 spiro atoms. The van der Waals surface area contributed by atoms with Crippen LogP contribution in [0.25, 0.3) is 0 Å². The SMILES string of the molecule is CCc1nnsc1C(=O)OCC(=O)Nc1sc2c(c1C#N)CC[C@H](C)C2. The highest BCUT2D eigenvalue weighted by molar-refractivity contribution is 7.16. The first kappa shape index (κ1) is 18.5. The summed E-state index contributed by atoms with van der Waals surface area (Å²) >= 11 is 2.40. The zero-order valence-electron chi connectivity index (χ0n) is 14.5. The fourth-order valence-electron chi connectivity index (χ4n) is 2.91. The molecule has 0 radical (unpaired) electrons. The molecule has 0 bridgehead atoms. The second kappa shape index (κ2) is 7.93. The highest BCUT2D eigenvalue weighted by Crippen LogP contribution is 2.39. The van der Waals surface area contributed by atoms with Gasteiger partial charge in [-0.15, -0.1) is 16.4 Å². The van der Waals surface area contributed by atoms with E-state index in [1.54, 1.807) is 0 Å². The van der Waals surface area contributed by atoms with Gasteiger partial charge < -0.3 is 10.1 Å². The lowest BCUT2D eigenvalue weighted by Gasteiger charge is -2.17. The maximum absolute atomic E-state index is 12.2. The molecular formula is C17H18N4O3S2. The van der Waals surface area contributed by atoms with Crippen LogP contribution in [-0.4, -0.2) is 28.1 Å². The van der Waals surface area contributed by atoms with E-state index in [4.69, 9.17) is 4.74 Å². The van der Waals surface area contributed by atoms with Crippen molar-refractivity contribution in [2.75, 3.05) is 11.9 Å². The highest BCUT2D eigenvalue weighted by atomic mass is 32.1. The van der Waals surface area contributed by atoms with Crippen molar-refractivity contribution in [3.05, 3.63) is 26.6 Å². The number of hydrogen-bond donors (Lipinski definition) is 1. The van der Waals surface area contributed by atoms with Gasteiger partial charge in [-0.2, -0.15) is 5.26 Å². The Morgan fingerprint density at radius 2 is 2.27 bits per heavy atom. The van der Waals surface area contributed by atoms with Crippen LogP contribution in [0.3, 0.4) is 0 Å². The number of nitrogens with one attached hydrogen (secondary N) is 1. The van der Waals surface area contributed by atoms with Crippen LogP contribution < -0.4 is 5.32 Å². The second-order valence-corrected chi connectivity index (χ2v) is 8.05. The van der Waals surface area contributed by atoms with Crippen LogP contribution in [0.4, 0.5) is 5.00 Å². The third-order valence-corrected chi connectivity index (χ3v) is 6.20. The first-order valence-electron chi connectivity index (χ1n) is 8.36. The van der Waals surface area contributed by atoms with Gasteiger partial charge in [0, 0.05) is 4.88 Å². The standard InChI is InChI=1S/C17H18N4O3S2/c1-3-12-15(26-21-20-12)17(23)24-8-14(22)19-16-11(7-18)10-5-4-9(2)6-13(10)25-16/h9H,3-6,8H2,1-2H3,(H,19,22)/t9-/m0/s1. The zero-order chi connectivity index (χ0) is 18.7. The van der Waals surface area contributed by atoms with Gasteiger partial charge in [-0.05, 0) is 48.7 Å². The maximum atomic E-state index is 12.2. The molecule has 1 amide bonds. The summed E-state index contributed by atoms with van der Waals surface area (Å²) in [6.07, 6.45) is 3.40. The number of amides is 1. The van der Waals surface area contributed by atoms with Crippen molar-refractivity contribution in [3.63, 3.8) is 0 Å². The number of carbonyl (C=O) groups is 2. The number of anilines is 1. The van der Waals surface area contributed by atoms with Crippen molar-refractivity contribution in [1.29, 1.82) is 5.26 Å². The van der Waals surface area contributed by atoms with Gasteiger partial charge in [-0.25, -0.2) is 4.79 Å². The number of hydrogen-bond acceptors (Lipinski definition) is 8. The monoisotopic (exact) mass is 390 g/mol. The van der Waals surface area contributed by atoms with E-state index in [1.165, 1.54) is 11.3 Å². The van der Waals surface area contributed by atoms with Crippen molar-refractivity contribution in [2.24, 2.45) is 5.92 Å². The summed E-state index contributed by atoms with van der Waals surface area (Å²) in [5.74, 6) is -0.484. The molecule has 2 heterocycles. The minimum absolute atomic E-state index is 0.318. The van der Waals surface area contributed by atoms with Crippen molar-refractivity contribution < 1.29 is 14.3 Å². The average molecular weight is 390 g/mol. The van der Waals surface area contributed by atoms with Crippen LogP contribution in [0, 0.1) is 17.2 Å². The number of esters is 1. The van der Waals surface area contributed by atoms with Crippen molar-refractivity contribution >= 4 is 39.7 Å². The molecule has 1 atom stereocenters. The molecule has 26 heavy (non-hydrogen) atoms. The number of aromatic nitrogens is 2. The van der Waals surface area contributed by atoms with Crippen LogP contribution in [0.15, 0.2) is 0 Å². The van der Waals surface area contributed by atoms with E-state index >= 15 is 0 Å². The molecule has 1 aliphatic carbocycles. The van der Waals surface area contributed by atoms with Gasteiger partial charge in [0.2, 0.25) is 0 Å². The van der Waals surface area contributed by atoms with Crippen molar-refractivity contribution in [3.8, 4) is 6.07 Å². The first-order chi connectivity index (χ1) is 12.5. The van der Waals surface area contributed by atoms with Gasteiger partial charge >= 0.3 is 5.97 Å². The molecule has 9 heteroatoms. The largest absolute Gasteiger partial charge is 0.451 e. The number of rotatable bonds is 5. The molecule has 0 aliphatic heterocycles. The predicted molar refractivity (Wildman–Crippen MR) is 98.4 cm³/mol.